The summed E-state index contributed by atoms with van der Waals surface area (Å²) in [4.78, 5) is 10.4. The fourth-order valence-corrected chi connectivity index (χ4v) is 2.23. The predicted molar refractivity (Wildman–Crippen MR) is 88.2 cm³/mol. The number of hydrogen-bond donors (Lipinski definition) is 1. The van der Waals surface area contributed by atoms with Gasteiger partial charge in [-0.1, -0.05) is 42.0 Å². The monoisotopic (exact) mass is 298 g/mol. The van der Waals surface area contributed by atoms with Crippen LogP contribution in [0.5, 0.6) is 5.75 Å². The highest BCUT2D eigenvalue weighted by Gasteiger charge is 2.00. The Hall–Kier alpha value is -2.29. The summed E-state index contributed by atoms with van der Waals surface area (Å²) < 4.78 is 5.68. The molecule has 0 saturated heterocycles. The van der Waals surface area contributed by atoms with Crippen molar-refractivity contribution >= 4 is 5.97 Å². The number of ether oxygens (including phenoxy) is 1. The second kappa shape index (κ2) is 8.23. The lowest BCUT2D eigenvalue weighted by molar-refractivity contribution is -0.137. The Morgan fingerprint density at radius 1 is 0.909 bits per heavy atom. The van der Waals surface area contributed by atoms with Crippen molar-refractivity contribution in [2.24, 2.45) is 0 Å². The van der Waals surface area contributed by atoms with Gasteiger partial charge in [0.15, 0.2) is 0 Å². The Balaban J connectivity index is 1.77. The minimum Gasteiger partial charge on any atom is -0.494 e. The quantitative estimate of drug-likeness (QED) is 0.719. The van der Waals surface area contributed by atoms with Gasteiger partial charge in [-0.2, -0.15) is 0 Å². The average molecular weight is 298 g/mol. The molecule has 0 fully saturated rings. The van der Waals surface area contributed by atoms with Crippen LogP contribution in [0.4, 0.5) is 0 Å². The molecule has 0 spiro atoms. The SMILES string of the molecule is Cc1ccc(-c2ccc(OCCCCCC(=O)O)cc2)cc1. The minimum atomic E-state index is -0.729. The molecule has 0 amide bonds. The molecule has 0 saturated carbocycles. The van der Waals surface area contributed by atoms with Crippen LogP contribution in [0, 0.1) is 6.92 Å². The highest BCUT2D eigenvalue weighted by molar-refractivity contribution is 5.66. The molecule has 2 aromatic rings. The number of benzene rings is 2. The zero-order valence-electron chi connectivity index (χ0n) is 12.9. The van der Waals surface area contributed by atoms with Crippen LogP contribution in [0.15, 0.2) is 48.5 Å². The van der Waals surface area contributed by atoms with Crippen molar-refractivity contribution in [2.45, 2.75) is 32.6 Å². The molecule has 0 bridgehead atoms. The van der Waals surface area contributed by atoms with Crippen LogP contribution in [0.2, 0.25) is 0 Å². The third-order valence-corrected chi connectivity index (χ3v) is 3.54. The van der Waals surface area contributed by atoms with E-state index in [4.69, 9.17) is 9.84 Å². The van der Waals surface area contributed by atoms with Crippen molar-refractivity contribution in [3.63, 3.8) is 0 Å². The highest BCUT2D eigenvalue weighted by atomic mass is 16.5. The second-order valence-corrected chi connectivity index (χ2v) is 5.44. The van der Waals surface area contributed by atoms with E-state index in [2.05, 4.69) is 43.3 Å². The summed E-state index contributed by atoms with van der Waals surface area (Å²) >= 11 is 0. The van der Waals surface area contributed by atoms with Crippen LogP contribution in [0.3, 0.4) is 0 Å². The summed E-state index contributed by atoms with van der Waals surface area (Å²) in [5.41, 5.74) is 3.63. The third-order valence-electron chi connectivity index (χ3n) is 3.54. The van der Waals surface area contributed by atoms with E-state index in [0.717, 1.165) is 18.6 Å². The summed E-state index contributed by atoms with van der Waals surface area (Å²) in [6, 6.07) is 16.5. The molecule has 0 heterocycles. The van der Waals surface area contributed by atoms with Crippen LogP contribution in [-0.2, 0) is 4.79 Å². The number of carboxylic acids is 1. The van der Waals surface area contributed by atoms with Gasteiger partial charge in [-0.05, 0) is 49.4 Å². The smallest absolute Gasteiger partial charge is 0.303 e. The molecule has 0 aliphatic carbocycles. The number of unbranched alkanes of at least 4 members (excludes halogenated alkanes) is 2. The lowest BCUT2D eigenvalue weighted by atomic mass is 10.0. The van der Waals surface area contributed by atoms with Crippen molar-refractivity contribution < 1.29 is 14.6 Å². The zero-order valence-corrected chi connectivity index (χ0v) is 12.9. The summed E-state index contributed by atoms with van der Waals surface area (Å²) in [5.74, 6) is 0.127. The molecule has 0 radical (unpaired) electrons. The van der Waals surface area contributed by atoms with Crippen LogP contribution >= 0.6 is 0 Å². The number of aliphatic carboxylic acids is 1. The summed E-state index contributed by atoms with van der Waals surface area (Å²) in [6.45, 7) is 2.71. The number of carbonyl (C=O) groups is 1. The molecular weight excluding hydrogens is 276 g/mol. The van der Waals surface area contributed by atoms with Gasteiger partial charge in [-0.15, -0.1) is 0 Å². The first-order valence-electron chi connectivity index (χ1n) is 7.67. The molecule has 0 aliphatic rings. The van der Waals surface area contributed by atoms with Gasteiger partial charge in [0.25, 0.3) is 0 Å². The third kappa shape index (κ3) is 5.24. The lowest BCUT2D eigenvalue weighted by Crippen LogP contribution is -1.99. The van der Waals surface area contributed by atoms with Gasteiger partial charge >= 0.3 is 5.97 Å². The van der Waals surface area contributed by atoms with Gasteiger partial charge in [0.05, 0.1) is 6.61 Å². The van der Waals surface area contributed by atoms with E-state index in [9.17, 15) is 4.79 Å². The van der Waals surface area contributed by atoms with Gasteiger partial charge in [-0.25, -0.2) is 0 Å². The second-order valence-electron chi connectivity index (χ2n) is 5.44. The number of aryl methyl sites for hydroxylation is 1. The van der Waals surface area contributed by atoms with Gasteiger partial charge < -0.3 is 9.84 Å². The Morgan fingerprint density at radius 2 is 1.50 bits per heavy atom. The minimum absolute atomic E-state index is 0.241. The molecular formula is C19H22O3. The van der Waals surface area contributed by atoms with Gasteiger partial charge in [0.2, 0.25) is 0 Å². The zero-order chi connectivity index (χ0) is 15.8. The largest absolute Gasteiger partial charge is 0.494 e. The molecule has 3 nitrogen and oxygen atoms in total. The van der Waals surface area contributed by atoms with Crippen LogP contribution in [0.25, 0.3) is 11.1 Å². The van der Waals surface area contributed by atoms with E-state index < -0.39 is 5.97 Å². The Morgan fingerprint density at radius 3 is 2.09 bits per heavy atom. The predicted octanol–water partition coefficient (Wildman–Crippen LogP) is 4.69. The maximum Gasteiger partial charge on any atom is 0.303 e. The normalized spacial score (nSPS) is 10.4. The summed E-state index contributed by atoms with van der Waals surface area (Å²) in [7, 11) is 0. The van der Waals surface area contributed by atoms with E-state index in [0.29, 0.717) is 13.0 Å². The number of rotatable bonds is 8. The maximum atomic E-state index is 10.4. The van der Waals surface area contributed by atoms with Gasteiger partial charge in [-0.3, -0.25) is 4.79 Å². The molecule has 2 rings (SSSR count). The standard InChI is InChI=1S/C19H22O3/c1-15-6-8-16(9-7-15)17-10-12-18(13-11-17)22-14-4-2-3-5-19(20)21/h6-13H,2-5,14H2,1H3,(H,20,21). The van der Waals surface area contributed by atoms with Crippen molar-refractivity contribution in [1.29, 1.82) is 0 Å². The fourth-order valence-electron chi connectivity index (χ4n) is 2.23. The molecule has 2 aromatic carbocycles. The number of hydrogen-bond acceptors (Lipinski definition) is 2. The first-order chi connectivity index (χ1) is 10.6. The van der Waals surface area contributed by atoms with E-state index in [1.54, 1.807) is 0 Å². The average Bonchev–Trinajstić information content (AvgIpc) is 2.52. The van der Waals surface area contributed by atoms with Crippen molar-refractivity contribution in [3.8, 4) is 16.9 Å². The van der Waals surface area contributed by atoms with Crippen LogP contribution in [0.1, 0.15) is 31.2 Å². The van der Waals surface area contributed by atoms with E-state index in [1.165, 1.54) is 16.7 Å². The molecule has 0 atom stereocenters. The van der Waals surface area contributed by atoms with Crippen molar-refractivity contribution in [3.05, 3.63) is 54.1 Å². The first-order valence-corrected chi connectivity index (χ1v) is 7.67. The molecule has 0 unspecified atom stereocenters. The van der Waals surface area contributed by atoms with Crippen molar-refractivity contribution in [1.82, 2.24) is 0 Å². The van der Waals surface area contributed by atoms with Gasteiger partial charge in [0.1, 0.15) is 5.75 Å². The molecule has 0 aromatic heterocycles. The molecule has 116 valence electrons. The Kier molecular flexibility index (Phi) is 6.01. The van der Waals surface area contributed by atoms with Crippen molar-refractivity contribution in [2.75, 3.05) is 6.61 Å². The van der Waals surface area contributed by atoms with Crippen LogP contribution < -0.4 is 4.74 Å². The topological polar surface area (TPSA) is 46.5 Å². The summed E-state index contributed by atoms with van der Waals surface area (Å²) in [5, 5.41) is 8.55. The number of carboxylic acid groups (broad SMARTS) is 1. The Labute approximate surface area is 131 Å². The lowest BCUT2D eigenvalue weighted by Gasteiger charge is -2.07. The Bertz CT molecular complexity index is 585. The summed E-state index contributed by atoms with van der Waals surface area (Å²) in [6.07, 6.45) is 2.72. The molecule has 22 heavy (non-hydrogen) atoms. The van der Waals surface area contributed by atoms with E-state index in [-0.39, 0.29) is 6.42 Å². The van der Waals surface area contributed by atoms with E-state index >= 15 is 0 Å². The molecule has 0 aliphatic heterocycles. The maximum absolute atomic E-state index is 10.4. The van der Waals surface area contributed by atoms with Crippen LogP contribution in [-0.4, -0.2) is 17.7 Å². The molecule has 3 heteroatoms. The van der Waals surface area contributed by atoms with Gasteiger partial charge in [0, 0.05) is 6.42 Å². The molecule has 1 N–H and O–H groups in total. The highest BCUT2D eigenvalue weighted by Crippen LogP contribution is 2.22. The fraction of sp³-hybridized carbons (Fsp3) is 0.316. The first kappa shape index (κ1) is 16.1. The van der Waals surface area contributed by atoms with E-state index in [1.807, 2.05) is 12.1 Å².